The normalized spacial score (nSPS) is 13.6. The topological polar surface area (TPSA) is 49.4 Å². The van der Waals surface area contributed by atoms with Gasteiger partial charge in [-0.2, -0.15) is 0 Å². The van der Waals surface area contributed by atoms with Gasteiger partial charge in [-0.05, 0) is 52.9 Å². The number of para-hydroxylation sites is 1. The number of nitrogens with one attached hydrogen (secondary N) is 1. The minimum Gasteiger partial charge on any atom is -0.326 e. The number of carbonyl (C=O) groups is 2. The van der Waals surface area contributed by atoms with Gasteiger partial charge in [0.15, 0.2) is 0 Å². The van der Waals surface area contributed by atoms with E-state index in [4.69, 9.17) is 0 Å². The highest BCUT2D eigenvalue weighted by atomic mass is 127. The molecule has 118 valence electrons. The average molecular weight is 438 g/mol. The van der Waals surface area contributed by atoms with Gasteiger partial charge in [-0.3, -0.25) is 9.59 Å². The zero-order valence-corrected chi connectivity index (χ0v) is 15.3. The van der Waals surface area contributed by atoms with E-state index < -0.39 is 0 Å². The van der Waals surface area contributed by atoms with Gasteiger partial charge in [0, 0.05) is 27.1 Å². The summed E-state index contributed by atoms with van der Waals surface area (Å²) in [6.07, 6.45) is 0.274. The third-order valence-corrected chi connectivity index (χ3v) is 5.20. The Bertz CT molecular complexity index is 751. The Hall–Kier alpha value is -1.54. The highest BCUT2D eigenvalue weighted by molar-refractivity contribution is 14.1. The molecular formula is C17H15IN2O2S. The summed E-state index contributed by atoms with van der Waals surface area (Å²) >= 11 is 3.75. The molecule has 0 aromatic heterocycles. The second-order valence-electron chi connectivity index (χ2n) is 5.11. The van der Waals surface area contributed by atoms with Crippen molar-refractivity contribution in [2.45, 2.75) is 11.3 Å². The number of anilines is 2. The number of amides is 2. The molecule has 0 spiro atoms. The van der Waals surface area contributed by atoms with Gasteiger partial charge >= 0.3 is 0 Å². The number of fused-ring (bicyclic) bond motifs is 1. The summed E-state index contributed by atoms with van der Waals surface area (Å²) in [4.78, 5) is 27.1. The van der Waals surface area contributed by atoms with Crippen molar-refractivity contribution in [2.75, 3.05) is 22.5 Å². The van der Waals surface area contributed by atoms with Crippen LogP contribution in [0, 0.1) is 3.57 Å². The van der Waals surface area contributed by atoms with Crippen LogP contribution in [0.1, 0.15) is 6.42 Å². The number of carbonyl (C=O) groups excluding carboxylic acids is 2. The first-order valence-electron chi connectivity index (χ1n) is 7.21. The molecule has 2 aromatic carbocycles. The molecule has 1 heterocycles. The first-order valence-corrected chi connectivity index (χ1v) is 9.27. The summed E-state index contributed by atoms with van der Waals surface area (Å²) in [6, 6.07) is 15.5. The van der Waals surface area contributed by atoms with Crippen LogP contribution in [0.25, 0.3) is 0 Å². The molecule has 0 bridgehead atoms. The lowest BCUT2D eigenvalue weighted by Crippen LogP contribution is -2.37. The predicted octanol–water partition coefficient (Wildman–Crippen LogP) is 3.76. The molecule has 1 aliphatic rings. The van der Waals surface area contributed by atoms with Crippen molar-refractivity contribution < 1.29 is 9.59 Å². The first kappa shape index (κ1) is 16.3. The number of rotatable bonds is 4. The highest BCUT2D eigenvalue weighted by Crippen LogP contribution is 2.34. The molecule has 0 unspecified atom stereocenters. The third-order valence-electron chi connectivity index (χ3n) is 3.48. The molecule has 0 aliphatic carbocycles. The maximum Gasteiger partial charge on any atom is 0.237 e. The lowest BCUT2D eigenvalue weighted by atomic mass is 10.2. The predicted molar refractivity (Wildman–Crippen MR) is 102 cm³/mol. The number of nitrogens with zero attached hydrogens (tertiary/aromatic N) is 1. The van der Waals surface area contributed by atoms with Crippen molar-refractivity contribution in [2.24, 2.45) is 0 Å². The van der Waals surface area contributed by atoms with E-state index >= 15 is 0 Å². The third kappa shape index (κ3) is 4.06. The molecule has 1 aliphatic heterocycles. The van der Waals surface area contributed by atoms with E-state index in [0.717, 1.165) is 19.8 Å². The molecule has 0 saturated carbocycles. The van der Waals surface area contributed by atoms with Crippen molar-refractivity contribution >= 4 is 57.5 Å². The zero-order chi connectivity index (χ0) is 16.2. The van der Waals surface area contributed by atoms with Crippen molar-refractivity contribution in [3.8, 4) is 0 Å². The van der Waals surface area contributed by atoms with E-state index in [2.05, 4.69) is 27.9 Å². The summed E-state index contributed by atoms with van der Waals surface area (Å²) in [5.74, 6) is 0.390. The van der Waals surface area contributed by atoms with E-state index in [0.29, 0.717) is 12.3 Å². The summed E-state index contributed by atoms with van der Waals surface area (Å²) in [5.41, 5.74) is 1.68. The maximum atomic E-state index is 12.1. The van der Waals surface area contributed by atoms with Gasteiger partial charge in [0.25, 0.3) is 0 Å². The van der Waals surface area contributed by atoms with Crippen molar-refractivity contribution in [3.63, 3.8) is 0 Å². The number of benzene rings is 2. The van der Waals surface area contributed by atoms with Crippen molar-refractivity contribution in [1.29, 1.82) is 0 Å². The molecule has 0 radical (unpaired) electrons. The lowest BCUT2D eigenvalue weighted by molar-refractivity contribution is -0.117. The van der Waals surface area contributed by atoms with E-state index in [1.165, 1.54) is 0 Å². The van der Waals surface area contributed by atoms with Gasteiger partial charge in [-0.1, -0.05) is 18.2 Å². The maximum absolute atomic E-state index is 12.1. The fourth-order valence-electron chi connectivity index (χ4n) is 2.40. The monoisotopic (exact) mass is 438 g/mol. The number of halogens is 1. The van der Waals surface area contributed by atoms with Crippen LogP contribution in [0.3, 0.4) is 0 Å². The van der Waals surface area contributed by atoms with E-state index in [9.17, 15) is 9.59 Å². The Morgan fingerprint density at radius 2 is 2.04 bits per heavy atom. The van der Waals surface area contributed by atoms with E-state index in [-0.39, 0.29) is 18.2 Å². The molecule has 0 fully saturated rings. The van der Waals surface area contributed by atoms with Crippen LogP contribution in [0.4, 0.5) is 11.4 Å². The van der Waals surface area contributed by atoms with Gasteiger partial charge in [-0.25, -0.2) is 0 Å². The van der Waals surface area contributed by atoms with Crippen LogP contribution < -0.4 is 10.2 Å². The van der Waals surface area contributed by atoms with Gasteiger partial charge in [0.05, 0.1) is 11.4 Å². The van der Waals surface area contributed by atoms with Gasteiger partial charge in [-0.15, -0.1) is 11.8 Å². The van der Waals surface area contributed by atoms with Crippen molar-refractivity contribution in [3.05, 3.63) is 52.1 Å². The molecule has 0 atom stereocenters. The molecule has 1 N–H and O–H groups in total. The van der Waals surface area contributed by atoms with Crippen LogP contribution in [0.2, 0.25) is 0 Å². The Morgan fingerprint density at radius 3 is 2.87 bits per heavy atom. The first-order chi connectivity index (χ1) is 11.1. The Balaban J connectivity index is 1.64. The number of hydrogen-bond donors (Lipinski definition) is 1. The molecule has 3 rings (SSSR count). The second kappa shape index (κ2) is 7.35. The molecule has 6 heteroatoms. The lowest BCUT2D eigenvalue weighted by Gasteiger charge is -2.28. The number of thioether (sulfide) groups is 1. The van der Waals surface area contributed by atoms with Crippen molar-refractivity contribution in [1.82, 2.24) is 0 Å². The Morgan fingerprint density at radius 1 is 1.22 bits per heavy atom. The quantitative estimate of drug-likeness (QED) is 0.740. The standard InChI is InChI=1S/C17H15IN2O2S/c18-12-4-3-5-13(10-12)19-16(21)8-9-20-14-6-1-2-7-15(14)23-11-17(20)22/h1-7,10H,8-9,11H2,(H,19,21). The zero-order valence-electron chi connectivity index (χ0n) is 12.3. The van der Waals surface area contributed by atoms with Crippen LogP contribution in [-0.2, 0) is 9.59 Å². The molecule has 4 nitrogen and oxygen atoms in total. The Kier molecular flexibility index (Phi) is 5.22. The van der Waals surface area contributed by atoms with Crippen LogP contribution in [-0.4, -0.2) is 24.1 Å². The fraction of sp³-hybridized carbons (Fsp3) is 0.176. The molecule has 0 saturated heterocycles. The second-order valence-corrected chi connectivity index (χ2v) is 7.37. The van der Waals surface area contributed by atoms with E-state index in [1.807, 2.05) is 48.5 Å². The fourth-order valence-corrected chi connectivity index (χ4v) is 3.88. The smallest absolute Gasteiger partial charge is 0.237 e. The number of hydrogen-bond acceptors (Lipinski definition) is 3. The molecular weight excluding hydrogens is 423 g/mol. The van der Waals surface area contributed by atoms with E-state index in [1.54, 1.807) is 16.7 Å². The van der Waals surface area contributed by atoms with Gasteiger partial charge < -0.3 is 10.2 Å². The minimum atomic E-state index is -0.0875. The molecule has 2 aromatic rings. The van der Waals surface area contributed by atoms with Crippen LogP contribution in [0.15, 0.2) is 53.4 Å². The van der Waals surface area contributed by atoms with Crippen LogP contribution in [0.5, 0.6) is 0 Å². The van der Waals surface area contributed by atoms with Gasteiger partial charge in [0.1, 0.15) is 0 Å². The van der Waals surface area contributed by atoms with Crippen LogP contribution >= 0.6 is 34.4 Å². The summed E-state index contributed by atoms with van der Waals surface area (Å²) in [7, 11) is 0. The molecule has 2 amide bonds. The highest BCUT2D eigenvalue weighted by Gasteiger charge is 2.24. The molecule has 23 heavy (non-hydrogen) atoms. The minimum absolute atomic E-state index is 0.0516. The summed E-state index contributed by atoms with van der Waals surface area (Å²) < 4.78 is 1.07. The summed E-state index contributed by atoms with van der Waals surface area (Å²) in [6.45, 7) is 0.395. The average Bonchev–Trinajstić information content (AvgIpc) is 2.54. The van der Waals surface area contributed by atoms with Gasteiger partial charge in [0.2, 0.25) is 11.8 Å². The summed E-state index contributed by atoms with van der Waals surface area (Å²) in [5, 5.41) is 2.87. The SMILES string of the molecule is O=C(CCN1C(=O)CSc2ccccc21)Nc1cccc(I)c1. The largest absolute Gasteiger partial charge is 0.326 e. The Labute approximate surface area is 152 Å².